The van der Waals surface area contributed by atoms with Crippen molar-refractivity contribution in [2.45, 2.75) is 58.0 Å². The standard InChI is InChI=1S/C15H23NO3/c1-3-8-15(14(17)18)9-5-10-16(15)11-13-7-6-12(4-2)19-13/h6-7H,3-5,8-11H2,1-2H3,(H,17,18). The highest BCUT2D eigenvalue weighted by Gasteiger charge is 2.46. The molecule has 0 spiro atoms. The predicted molar refractivity (Wildman–Crippen MR) is 73.0 cm³/mol. The van der Waals surface area contributed by atoms with E-state index >= 15 is 0 Å². The van der Waals surface area contributed by atoms with Crippen molar-refractivity contribution >= 4 is 5.97 Å². The van der Waals surface area contributed by atoms with Crippen LogP contribution < -0.4 is 0 Å². The fourth-order valence-electron chi connectivity index (χ4n) is 3.10. The van der Waals surface area contributed by atoms with Gasteiger partial charge in [-0.3, -0.25) is 9.69 Å². The van der Waals surface area contributed by atoms with E-state index in [-0.39, 0.29) is 0 Å². The number of hydrogen-bond acceptors (Lipinski definition) is 3. The van der Waals surface area contributed by atoms with Crippen molar-refractivity contribution in [1.29, 1.82) is 0 Å². The van der Waals surface area contributed by atoms with Gasteiger partial charge in [-0.15, -0.1) is 0 Å². The first kappa shape index (κ1) is 14.1. The van der Waals surface area contributed by atoms with Crippen LogP contribution in [0.4, 0.5) is 0 Å². The molecule has 2 rings (SSSR count). The van der Waals surface area contributed by atoms with Crippen LogP contribution in [0, 0.1) is 0 Å². The summed E-state index contributed by atoms with van der Waals surface area (Å²) in [7, 11) is 0. The Morgan fingerprint density at radius 1 is 1.42 bits per heavy atom. The van der Waals surface area contributed by atoms with Gasteiger partial charge >= 0.3 is 5.97 Å². The lowest BCUT2D eigenvalue weighted by Gasteiger charge is -2.34. The van der Waals surface area contributed by atoms with E-state index in [0.29, 0.717) is 13.0 Å². The van der Waals surface area contributed by atoms with E-state index in [1.54, 1.807) is 0 Å². The molecule has 1 aliphatic rings. The largest absolute Gasteiger partial charge is 0.480 e. The maximum Gasteiger partial charge on any atom is 0.324 e. The third-order valence-corrected chi connectivity index (χ3v) is 4.10. The van der Waals surface area contributed by atoms with Gasteiger partial charge in [-0.1, -0.05) is 20.3 Å². The number of rotatable bonds is 6. The summed E-state index contributed by atoms with van der Waals surface area (Å²) in [6.07, 6.45) is 4.18. The minimum atomic E-state index is -0.687. The van der Waals surface area contributed by atoms with Gasteiger partial charge in [0.15, 0.2) is 0 Å². The summed E-state index contributed by atoms with van der Waals surface area (Å²) >= 11 is 0. The highest BCUT2D eigenvalue weighted by atomic mass is 16.4. The van der Waals surface area contributed by atoms with Crippen molar-refractivity contribution in [3.05, 3.63) is 23.7 Å². The molecule has 1 aromatic rings. The third kappa shape index (κ3) is 2.68. The molecule has 2 heterocycles. The first-order chi connectivity index (χ1) is 9.12. The smallest absolute Gasteiger partial charge is 0.324 e. The lowest BCUT2D eigenvalue weighted by molar-refractivity contribution is -0.150. The van der Waals surface area contributed by atoms with Gasteiger partial charge in [0.25, 0.3) is 0 Å². The maximum atomic E-state index is 11.7. The van der Waals surface area contributed by atoms with Crippen LogP contribution in [0.1, 0.15) is 51.1 Å². The molecule has 0 amide bonds. The number of carboxylic acids is 1. The Morgan fingerprint density at radius 2 is 2.16 bits per heavy atom. The molecule has 0 radical (unpaired) electrons. The minimum absolute atomic E-state index is 0.603. The average molecular weight is 265 g/mol. The number of nitrogens with zero attached hydrogens (tertiary/aromatic N) is 1. The second kappa shape index (κ2) is 5.78. The number of hydrogen-bond donors (Lipinski definition) is 1. The van der Waals surface area contributed by atoms with Crippen molar-refractivity contribution in [1.82, 2.24) is 4.90 Å². The number of aliphatic carboxylic acids is 1. The van der Waals surface area contributed by atoms with E-state index in [1.165, 1.54) is 0 Å². The second-order valence-corrected chi connectivity index (χ2v) is 5.33. The zero-order valence-electron chi connectivity index (χ0n) is 11.8. The summed E-state index contributed by atoms with van der Waals surface area (Å²) in [6.45, 7) is 5.54. The van der Waals surface area contributed by atoms with Crippen LogP contribution >= 0.6 is 0 Å². The molecular weight excluding hydrogens is 242 g/mol. The third-order valence-electron chi connectivity index (χ3n) is 4.10. The van der Waals surface area contributed by atoms with Crippen LogP contribution in [0.2, 0.25) is 0 Å². The van der Waals surface area contributed by atoms with E-state index in [0.717, 1.165) is 43.7 Å². The maximum absolute atomic E-state index is 11.7. The molecule has 0 bridgehead atoms. The van der Waals surface area contributed by atoms with Gasteiger partial charge in [-0.05, 0) is 37.9 Å². The summed E-state index contributed by atoms with van der Waals surface area (Å²) in [5.41, 5.74) is -0.687. The van der Waals surface area contributed by atoms with Gasteiger partial charge in [0.2, 0.25) is 0 Å². The van der Waals surface area contributed by atoms with Crippen molar-refractivity contribution in [2.75, 3.05) is 6.54 Å². The molecule has 106 valence electrons. The molecule has 1 fully saturated rings. The molecule has 0 saturated carbocycles. The van der Waals surface area contributed by atoms with Crippen LogP contribution in [0.25, 0.3) is 0 Å². The van der Waals surface area contributed by atoms with Gasteiger partial charge in [-0.25, -0.2) is 0 Å². The fourth-order valence-corrected chi connectivity index (χ4v) is 3.10. The fraction of sp³-hybridized carbons (Fsp3) is 0.667. The van der Waals surface area contributed by atoms with Crippen LogP contribution in [-0.4, -0.2) is 28.1 Å². The van der Waals surface area contributed by atoms with Gasteiger partial charge < -0.3 is 9.52 Å². The number of aryl methyl sites for hydroxylation is 1. The zero-order valence-corrected chi connectivity index (χ0v) is 11.8. The first-order valence-corrected chi connectivity index (χ1v) is 7.18. The molecule has 1 aromatic heterocycles. The second-order valence-electron chi connectivity index (χ2n) is 5.33. The molecule has 4 heteroatoms. The van der Waals surface area contributed by atoms with E-state index in [2.05, 4.69) is 11.8 Å². The van der Waals surface area contributed by atoms with E-state index < -0.39 is 11.5 Å². The molecule has 1 saturated heterocycles. The quantitative estimate of drug-likeness (QED) is 0.859. The van der Waals surface area contributed by atoms with Crippen LogP contribution in [0.15, 0.2) is 16.5 Å². The van der Waals surface area contributed by atoms with Gasteiger partial charge in [0.1, 0.15) is 17.1 Å². The van der Waals surface area contributed by atoms with Gasteiger partial charge in [0.05, 0.1) is 6.54 Å². The van der Waals surface area contributed by atoms with Crippen molar-refractivity contribution in [2.24, 2.45) is 0 Å². The summed E-state index contributed by atoms with van der Waals surface area (Å²) in [4.78, 5) is 13.8. The number of likely N-dealkylation sites (tertiary alicyclic amines) is 1. The molecule has 1 atom stereocenters. The van der Waals surface area contributed by atoms with E-state index in [1.807, 2.05) is 19.1 Å². The molecular formula is C15H23NO3. The number of carboxylic acid groups (broad SMARTS) is 1. The topological polar surface area (TPSA) is 53.7 Å². The molecule has 1 N–H and O–H groups in total. The van der Waals surface area contributed by atoms with Crippen LogP contribution in [0.3, 0.4) is 0 Å². The minimum Gasteiger partial charge on any atom is -0.480 e. The SMILES string of the molecule is CCCC1(C(=O)O)CCCN1Cc1ccc(CC)o1. The summed E-state index contributed by atoms with van der Waals surface area (Å²) in [5, 5.41) is 9.62. The Balaban J connectivity index is 2.15. The lowest BCUT2D eigenvalue weighted by Crippen LogP contribution is -2.49. The summed E-state index contributed by atoms with van der Waals surface area (Å²) in [6, 6.07) is 3.95. The zero-order chi connectivity index (χ0) is 13.9. The van der Waals surface area contributed by atoms with Crippen LogP contribution in [-0.2, 0) is 17.8 Å². The Labute approximate surface area is 114 Å². The normalized spacial score (nSPS) is 23.9. The molecule has 1 aliphatic heterocycles. The van der Waals surface area contributed by atoms with Gasteiger partial charge in [0, 0.05) is 6.42 Å². The first-order valence-electron chi connectivity index (χ1n) is 7.18. The predicted octanol–water partition coefficient (Wildman–Crippen LogP) is 3.06. The molecule has 19 heavy (non-hydrogen) atoms. The average Bonchev–Trinajstić information content (AvgIpc) is 2.98. The van der Waals surface area contributed by atoms with Crippen LogP contribution in [0.5, 0.6) is 0 Å². The van der Waals surface area contributed by atoms with Crippen molar-refractivity contribution in [3.63, 3.8) is 0 Å². The highest BCUT2D eigenvalue weighted by molar-refractivity contribution is 5.79. The van der Waals surface area contributed by atoms with E-state index in [4.69, 9.17) is 4.42 Å². The molecule has 0 aromatic carbocycles. The Hall–Kier alpha value is -1.29. The highest BCUT2D eigenvalue weighted by Crippen LogP contribution is 2.35. The van der Waals surface area contributed by atoms with Gasteiger partial charge in [-0.2, -0.15) is 0 Å². The van der Waals surface area contributed by atoms with Crippen molar-refractivity contribution in [3.8, 4) is 0 Å². The molecule has 0 aliphatic carbocycles. The Bertz CT molecular complexity index is 440. The Kier molecular flexibility index (Phi) is 4.30. The molecule has 4 nitrogen and oxygen atoms in total. The lowest BCUT2D eigenvalue weighted by atomic mass is 9.90. The monoisotopic (exact) mass is 265 g/mol. The van der Waals surface area contributed by atoms with E-state index in [9.17, 15) is 9.90 Å². The number of carbonyl (C=O) groups is 1. The Morgan fingerprint density at radius 3 is 2.74 bits per heavy atom. The molecule has 1 unspecified atom stereocenters. The number of furan rings is 1. The van der Waals surface area contributed by atoms with Crippen molar-refractivity contribution < 1.29 is 14.3 Å². The summed E-state index contributed by atoms with van der Waals surface area (Å²) in [5.74, 6) is 1.15. The summed E-state index contributed by atoms with van der Waals surface area (Å²) < 4.78 is 5.71.